The molecule has 0 radical (unpaired) electrons. The van der Waals surface area contributed by atoms with Crippen LogP contribution in [0.15, 0.2) is 0 Å². The number of carbonyl (C=O) groups excluding carboxylic acids is 1. The quantitative estimate of drug-likeness (QED) is 0.686. The molecule has 1 aromatic rings. The molecule has 0 fully saturated rings. The van der Waals surface area contributed by atoms with E-state index >= 15 is 0 Å². The second-order valence-corrected chi connectivity index (χ2v) is 4.10. The van der Waals surface area contributed by atoms with Crippen molar-refractivity contribution in [2.45, 2.75) is 26.7 Å². The van der Waals surface area contributed by atoms with E-state index in [1.54, 1.807) is 13.8 Å². The first kappa shape index (κ1) is 11.5. The van der Waals surface area contributed by atoms with E-state index in [2.05, 4.69) is 32.8 Å². The lowest BCUT2D eigenvalue weighted by Crippen LogP contribution is -2.14. The van der Waals surface area contributed by atoms with Gasteiger partial charge in [-0.2, -0.15) is 5.10 Å². The van der Waals surface area contributed by atoms with Crippen LogP contribution in [-0.2, 0) is 9.53 Å². The molecule has 0 aromatic carbocycles. The Kier molecular flexibility index (Phi) is 3.91. The molecule has 0 aliphatic heterocycles. The van der Waals surface area contributed by atoms with E-state index in [4.69, 9.17) is 4.74 Å². The average molecular weight is 308 g/mol. The highest BCUT2D eigenvalue weighted by molar-refractivity contribution is 14.1. The standard InChI is InChI=1S/C9H13IN2O2/c1-4-14-9(13)5(2)8-7(10)6(3)11-12-8/h5H,4H2,1-3H3,(H,11,12). The molecule has 0 saturated carbocycles. The summed E-state index contributed by atoms with van der Waals surface area (Å²) in [5.41, 5.74) is 1.75. The second-order valence-electron chi connectivity index (χ2n) is 3.02. The van der Waals surface area contributed by atoms with Crippen molar-refractivity contribution in [3.63, 3.8) is 0 Å². The molecule has 0 bridgehead atoms. The SMILES string of the molecule is CCOC(=O)C(C)c1n[nH]c(C)c1I. The maximum Gasteiger partial charge on any atom is 0.314 e. The summed E-state index contributed by atoms with van der Waals surface area (Å²) < 4.78 is 5.93. The molecule has 1 unspecified atom stereocenters. The number of H-pyrrole nitrogens is 1. The molecule has 78 valence electrons. The number of esters is 1. The van der Waals surface area contributed by atoms with Gasteiger partial charge in [0.15, 0.2) is 0 Å². The highest BCUT2D eigenvalue weighted by Crippen LogP contribution is 2.22. The Morgan fingerprint density at radius 1 is 1.71 bits per heavy atom. The Labute approximate surface area is 96.6 Å². The normalized spacial score (nSPS) is 12.6. The largest absolute Gasteiger partial charge is 0.465 e. The van der Waals surface area contributed by atoms with Gasteiger partial charge in [-0.05, 0) is 43.4 Å². The summed E-state index contributed by atoms with van der Waals surface area (Å²) in [7, 11) is 0. The molecule has 5 heteroatoms. The van der Waals surface area contributed by atoms with Crippen LogP contribution in [0, 0.1) is 10.5 Å². The van der Waals surface area contributed by atoms with Gasteiger partial charge in [0.25, 0.3) is 0 Å². The monoisotopic (exact) mass is 308 g/mol. The van der Waals surface area contributed by atoms with Gasteiger partial charge in [-0.3, -0.25) is 9.89 Å². The van der Waals surface area contributed by atoms with Crippen LogP contribution in [0.2, 0.25) is 0 Å². The third kappa shape index (κ3) is 2.26. The molecule has 1 N–H and O–H groups in total. The van der Waals surface area contributed by atoms with Crippen LogP contribution >= 0.6 is 22.6 Å². The minimum atomic E-state index is -0.299. The lowest BCUT2D eigenvalue weighted by Gasteiger charge is -2.07. The van der Waals surface area contributed by atoms with Crippen LogP contribution in [0.25, 0.3) is 0 Å². The molecule has 1 heterocycles. The number of carbonyl (C=O) groups is 1. The Bertz CT molecular complexity index is 336. The lowest BCUT2D eigenvalue weighted by atomic mass is 10.1. The van der Waals surface area contributed by atoms with E-state index in [9.17, 15) is 4.79 Å². The van der Waals surface area contributed by atoms with E-state index in [-0.39, 0.29) is 11.9 Å². The lowest BCUT2D eigenvalue weighted by molar-refractivity contribution is -0.144. The van der Waals surface area contributed by atoms with Gasteiger partial charge in [0.1, 0.15) is 0 Å². The summed E-state index contributed by atoms with van der Waals surface area (Å²) in [6.45, 7) is 5.93. The summed E-state index contributed by atoms with van der Waals surface area (Å²) in [6.07, 6.45) is 0. The van der Waals surface area contributed by atoms with E-state index in [0.717, 1.165) is 15.0 Å². The van der Waals surface area contributed by atoms with E-state index in [1.807, 2.05) is 6.92 Å². The van der Waals surface area contributed by atoms with Crippen LogP contribution in [0.4, 0.5) is 0 Å². The van der Waals surface area contributed by atoms with Gasteiger partial charge in [0.2, 0.25) is 0 Å². The van der Waals surface area contributed by atoms with Crippen LogP contribution in [0.5, 0.6) is 0 Å². The Morgan fingerprint density at radius 2 is 2.36 bits per heavy atom. The number of aromatic amines is 1. The van der Waals surface area contributed by atoms with E-state index in [0.29, 0.717) is 6.61 Å². The summed E-state index contributed by atoms with van der Waals surface area (Å²) >= 11 is 2.18. The summed E-state index contributed by atoms with van der Waals surface area (Å²) in [5, 5.41) is 6.93. The second kappa shape index (κ2) is 4.77. The summed E-state index contributed by atoms with van der Waals surface area (Å²) in [4.78, 5) is 11.4. The number of hydrogen-bond acceptors (Lipinski definition) is 3. The molecule has 0 spiro atoms. The van der Waals surface area contributed by atoms with Crippen molar-refractivity contribution in [1.82, 2.24) is 10.2 Å². The van der Waals surface area contributed by atoms with Gasteiger partial charge in [-0.15, -0.1) is 0 Å². The van der Waals surface area contributed by atoms with E-state index in [1.165, 1.54) is 0 Å². The van der Waals surface area contributed by atoms with Crippen LogP contribution in [-0.4, -0.2) is 22.8 Å². The third-order valence-electron chi connectivity index (χ3n) is 1.95. The third-order valence-corrected chi connectivity index (χ3v) is 3.31. The molecular weight excluding hydrogens is 295 g/mol. The Hall–Kier alpha value is -0.590. The van der Waals surface area contributed by atoms with Gasteiger partial charge in [-0.1, -0.05) is 0 Å². The summed E-state index contributed by atoms with van der Waals surface area (Å²) in [6, 6.07) is 0. The minimum Gasteiger partial charge on any atom is -0.465 e. The van der Waals surface area contributed by atoms with Crippen molar-refractivity contribution in [1.29, 1.82) is 0 Å². The number of ether oxygens (including phenoxy) is 1. The van der Waals surface area contributed by atoms with Gasteiger partial charge < -0.3 is 4.74 Å². The van der Waals surface area contributed by atoms with Crippen molar-refractivity contribution < 1.29 is 9.53 Å². The smallest absolute Gasteiger partial charge is 0.314 e. The molecule has 0 amide bonds. The van der Waals surface area contributed by atoms with Crippen LogP contribution in [0.1, 0.15) is 31.2 Å². The number of halogens is 1. The predicted molar refractivity (Wildman–Crippen MR) is 61.1 cm³/mol. The van der Waals surface area contributed by atoms with E-state index < -0.39 is 0 Å². The zero-order chi connectivity index (χ0) is 10.7. The maximum atomic E-state index is 11.4. The van der Waals surface area contributed by atoms with Gasteiger partial charge in [0.05, 0.1) is 21.8 Å². The molecule has 0 saturated heterocycles. The van der Waals surface area contributed by atoms with Crippen molar-refractivity contribution in [3.05, 3.63) is 15.0 Å². The maximum absolute atomic E-state index is 11.4. The molecule has 1 rings (SSSR count). The fraction of sp³-hybridized carbons (Fsp3) is 0.556. The molecule has 0 aliphatic carbocycles. The van der Waals surface area contributed by atoms with Crippen molar-refractivity contribution in [2.75, 3.05) is 6.61 Å². The van der Waals surface area contributed by atoms with Crippen molar-refractivity contribution >= 4 is 28.6 Å². The number of hydrogen-bond donors (Lipinski definition) is 1. The first-order valence-electron chi connectivity index (χ1n) is 4.44. The van der Waals surface area contributed by atoms with Crippen LogP contribution in [0.3, 0.4) is 0 Å². The number of nitrogens with one attached hydrogen (secondary N) is 1. The molecule has 1 atom stereocenters. The van der Waals surface area contributed by atoms with Crippen molar-refractivity contribution in [3.8, 4) is 0 Å². The zero-order valence-electron chi connectivity index (χ0n) is 8.43. The molecular formula is C9H13IN2O2. The number of nitrogens with zero attached hydrogens (tertiary/aromatic N) is 1. The molecule has 1 aromatic heterocycles. The molecule has 0 aliphatic rings. The fourth-order valence-corrected chi connectivity index (χ4v) is 1.81. The minimum absolute atomic E-state index is 0.225. The molecule has 4 nitrogen and oxygen atoms in total. The van der Waals surface area contributed by atoms with Gasteiger partial charge >= 0.3 is 5.97 Å². The topological polar surface area (TPSA) is 55.0 Å². The first-order chi connectivity index (χ1) is 6.57. The number of aromatic nitrogens is 2. The zero-order valence-corrected chi connectivity index (χ0v) is 10.6. The Balaban J connectivity index is 2.83. The highest BCUT2D eigenvalue weighted by atomic mass is 127. The predicted octanol–water partition coefficient (Wildman–Crippen LogP) is 1.99. The van der Waals surface area contributed by atoms with Crippen LogP contribution < -0.4 is 0 Å². The van der Waals surface area contributed by atoms with Crippen molar-refractivity contribution in [2.24, 2.45) is 0 Å². The first-order valence-corrected chi connectivity index (χ1v) is 5.52. The molecule has 14 heavy (non-hydrogen) atoms. The number of aryl methyl sites for hydroxylation is 1. The fourth-order valence-electron chi connectivity index (χ4n) is 1.10. The highest BCUT2D eigenvalue weighted by Gasteiger charge is 2.22. The Morgan fingerprint density at radius 3 is 2.79 bits per heavy atom. The van der Waals surface area contributed by atoms with Gasteiger partial charge in [0, 0.05) is 5.69 Å². The number of rotatable bonds is 3. The average Bonchev–Trinajstić information content (AvgIpc) is 2.47. The van der Waals surface area contributed by atoms with Gasteiger partial charge in [-0.25, -0.2) is 0 Å². The summed E-state index contributed by atoms with van der Waals surface area (Å²) in [5.74, 6) is -0.524.